The Morgan fingerprint density at radius 2 is 2.25 bits per heavy atom. The van der Waals surface area contributed by atoms with Gasteiger partial charge in [-0.05, 0) is 12.3 Å². The summed E-state index contributed by atoms with van der Waals surface area (Å²) in [6.07, 6.45) is 2.61. The lowest BCUT2D eigenvalue weighted by atomic mass is 10.1. The van der Waals surface area contributed by atoms with Gasteiger partial charge in [-0.1, -0.05) is 25.4 Å². The van der Waals surface area contributed by atoms with Gasteiger partial charge in [0.2, 0.25) is 5.89 Å². The quantitative estimate of drug-likeness (QED) is 0.694. The Bertz CT molecular complexity index is 304. The van der Waals surface area contributed by atoms with Crippen LogP contribution in [-0.2, 0) is 11.2 Å². The highest BCUT2D eigenvalue weighted by Gasteiger charge is 2.16. The first kappa shape index (κ1) is 13.5. The zero-order valence-corrected chi connectivity index (χ0v) is 10.8. The monoisotopic (exact) mass is 246 g/mol. The van der Waals surface area contributed by atoms with Crippen LogP contribution < -0.4 is 0 Å². The molecule has 0 aliphatic carbocycles. The third kappa shape index (κ3) is 4.10. The van der Waals surface area contributed by atoms with Gasteiger partial charge in [-0.3, -0.25) is 0 Å². The van der Waals surface area contributed by atoms with Crippen molar-refractivity contribution in [3.05, 3.63) is 11.7 Å². The minimum absolute atomic E-state index is 0.139. The van der Waals surface area contributed by atoms with Crippen molar-refractivity contribution < 1.29 is 9.26 Å². The maximum atomic E-state index is 6.11. The molecule has 0 aliphatic rings. The lowest BCUT2D eigenvalue weighted by Gasteiger charge is -2.05. The van der Waals surface area contributed by atoms with Gasteiger partial charge in [0, 0.05) is 20.1 Å². The van der Waals surface area contributed by atoms with Crippen molar-refractivity contribution in [3.8, 4) is 0 Å². The van der Waals surface area contributed by atoms with Crippen LogP contribution in [0.25, 0.3) is 0 Å². The van der Waals surface area contributed by atoms with Gasteiger partial charge in [0.1, 0.15) is 0 Å². The standard InChI is InChI=1S/C11H19ClN2O2/c1-4-5-9(12)11-13-10(16-14-11)6-8(2)7-15-3/h8-9H,4-7H2,1-3H3. The lowest BCUT2D eigenvalue weighted by Crippen LogP contribution is -2.07. The molecule has 1 rings (SSSR count). The molecule has 0 spiro atoms. The maximum Gasteiger partial charge on any atom is 0.227 e. The van der Waals surface area contributed by atoms with Crippen molar-refractivity contribution >= 4 is 11.6 Å². The van der Waals surface area contributed by atoms with E-state index in [1.165, 1.54) is 0 Å². The van der Waals surface area contributed by atoms with E-state index in [-0.39, 0.29) is 5.38 Å². The molecule has 0 amide bonds. The Morgan fingerprint density at radius 1 is 1.50 bits per heavy atom. The number of aromatic nitrogens is 2. The summed E-state index contributed by atoms with van der Waals surface area (Å²) < 4.78 is 10.2. The van der Waals surface area contributed by atoms with Gasteiger partial charge in [-0.25, -0.2) is 0 Å². The minimum atomic E-state index is -0.139. The molecule has 16 heavy (non-hydrogen) atoms. The summed E-state index contributed by atoms with van der Waals surface area (Å²) in [5.74, 6) is 1.61. The molecule has 0 saturated heterocycles. The number of ether oxygens (including phenoxy) is 1. The van der Waals surface area contributed by atoms with Gasteiger partial charge in [0.25, 0.3) is 0 Å². The number of methoxy groups -OCH3 is 1. The molecule has 1 aromatic rings. The topological polar surface area (TPSA) is 48.2 Å². The van der Waals surface area contributed by atoms with Gasteiger partial charge in [0.15, 0.2) is 5.82 Å². The Kier molecular flexibility index (Phi) is 5.77. The fraction of sp³-hybridized carbons (Fsp3) is 0.818. The van der Waals surface area contributed by atoms with Gasteiger partial charge in [-0.15, -0.1) is 11.6 Å². The first-order chi connectivity index (χ1) is 7.67. The second kappa shape index (κ2) is 6.86. The summed E-state index contributed by atoms with van der Waals surface area (Å²) in [5.41, 5.74) is 0. The molecule has 5 heteroatoms. The largest absolute Gasteiger partial charge is 0.384 e. The van der Waals surface area contributed by atoms with Crippen molar-refractivity contribution in [2.45, 2.75) is 38.5 Å². The zero-order chi connectivity index (χ0) is 12.0. The van der Waals surface area contributed by atoms with Crippen LogP contribution in [0.4, 0.5) is 0 Å². The summed E-state index contributed by atoms with van der Waals surface area (Å²) in [5, 5.41) is 3.75. The van der Waals surface area contributed by atoms with E-state index in [2.05, 4.69) is 24.0 Å². The van der Waals surface area contributed by atoms with Gasteiger partial charge < -0.3 is 9.26 Å². The van der Waals surface area contributed by atoms with Crippen molar-refractivity contribution in [2.24, 2.45) is 5.92 Å². The Labute approximate surface area is 101 Å². The second-order valence-corrected chi connectivity index (χ2v) is 4.59. The van der Waals surface area contributed by atoms with Crippen molar-refractivity contribution in [3.63, 3.8) is 0 Å². The highest BCUT2D eigenvalue weighted by Crippen LogP contribution is 2.23. The highest BCUT2D eigenvalue weighted by atomic mass is 35.5. The van der Waals surface area contributed by atoms with Crippen molar-refractivity contribution in [1.29, 1.82) is 0 Å². The molecule has 0 radical (unpaired) electrons. The van der Waals surface area contributed by atoms with E-state index in [0.717, 1.165) is 19.3 Å². The van der Waals surface area contributed by atoms with Gasteiger partial charge >= 0.3 is 0 Å². The first-order valence-electron chi connectivity index (χ1n) is 5.62. The van der Waals surface area contributed by atoms with E-state index in [1.807, 2.05) is 0 Å². The Balaban J connectivity index is 2.50. The van der Waals surface area contributed by atoms with E-state index < -0.39 is 0 Å². The van der Waals surface area contributed by atoms with Crippen LogP contribution in [0.5, 0.6) is 0 Å². The molecule has 2 unspecified atom stereocenters. The predicted molar refractivity (Wildman–Crippen MR) is 62.5 cm³/mol. The Morgan fingerprint density at radius 3 is 2.88 bits per heavy atom. The van der Waals surface area contributed by atoms with Crippen LogP contribution in [-0.4, -0.2) is 23.9 Å². The summed E-state index contributed by atoms with van der Waals surface area (Å²) in [7, 11) is 1.69. The SMILES string of the molecule is CCCC(Cl)c1noc(CC(C)COC)n1. The molecule has 0 N–H and O–H groups in total. The molecule has 1 heterocycles. The number of alkyl halides is 1. The molecule has 92 valence electrons. The minimum Gasteiger partial charge on any atom is -0.384 e. The van der Waals surface area contributed by atoms with Gasteiger partial charge in [-0.2, -0.15) is 4.98 Å². The van der Waals surface area contributed by atoms with Crippen molar-refractivity contribution in [1.82, 2.24) is 10.1 Å². The molecule has 0 fully saturated rings. The van der Waals surface area contributed by atoms with E-state index in [9.17, 15) is 0 Å². The molecule has 0 bridgehead atoms. The summed E-state index contributed by atoms with van der Waals surface area (Å²) in [4.78, 5) is 4.29. The average molecular weight is 247 g/mol. The highest BCUT2D eigenvalue weighted by molar-refractivity contribution is 6.20. The van der Waals surface area contributed by atoms with Gasteiger partial charge in [0.05, 0.1) is 5.38 Å². The summed E-state index contributed by atoms with van der Waals surface area (Å²) in [6, 6.07) is 0. The van der Waals surface area contributed by atoms with Crippen molar-refractivity contribution in [2.75, 3.05) is 13.7 Å². The Hall–Kier alpha value is -0.610. The van der Waals surface area contributed by atoms with E-state index in [0.29, 0.717) is 24.2 Å². The smallest absolute Gasteiger partial charge is 0.227 e. The van der Waals surface area contributed by atoms with Crippen LogP contribution in [0.3, 0.4) is 0 Å². The second-order valence-electron chi connectivity index (χ2n) is 4.07. The van der Waals surface area contributed by atoms with Crippen LogP contribution in [0.1, 0.15) is 43.8 Å². The van der Waals surface area contributed by atoms with E-state index >= 15 is 0 Å². The molecular formula is C11H19ClN2O2. The lowest BCUT2D eigenvalue weighted by molar-refractivity contribution is 0.155. The molecule has 4 nitrogen and oxygen atoms in total. The van der Waals surface area contributed by atoms with Crippen LogP contribution in [0.15, 0.2) is 4.52 Å². The molecule has 1 aromatic heterocycles. The van der Waals surface area contributed by atoms with Crippen LogP contribution >= 0.6 is 11.6 Å². The third-order valence-corrected chi connectivity index (χ3v) is 2.69. The number of halogens is 1. The predicted octanol–water partition coefficient (Wildman–Crippen LogP) is 2.97. The summed E-state index contributed by atoms with van der Waals surface area (Å²) in [6.45, 7) is 4.85. The number of hydrogen-bond acceptors (Lipinski definition) is 4. The van der Waals surface area contributed by atoms with E-state index in [1.54, 1.807) is 7.11 Å². The zero-order valence-electron chi connectivity index (χ0n) is 10.1. The number of rotatable bonds is 7. The first-order valence-corrected chi connectivity index (χ1v) is 6.06. The summed E-state index contributed by atoms with van der Waals surface area (Å²) >= 11 is 6.11. The molecule has 0 saturated carbocycles. The molecular weight excluding hydrogens is 228 g/mol. The normalized spacial score (nSPS) is 15.0. The fourth-order valence-corrected chi connectivity index (χ4v) is 1.81. The van der Waals surface area contributed by atoms with E-state index in [4.69, 9.17) is 20.9 Å². The van der Waals surface area contributed by atoms with Crippen LogP contribution in [0.2, 0.25) is 0 Å². The fourth-order valence-electron chi connectivity index (χ4n) is 1.50. The third-order valence-electron chi connectivity index (χ3n) is 2.28. The number of nitrogens with zero attached hydrogens (tertiary/aromatic N) is 2. The number of hydrogen-bond donors (Lipinski definition) is 0. The molecule has 0 aromatic carbocycles. The van der Waals surface area contributed by atoms with Crippen LogP contribution in [0, 0.1) is 5.92 Å². The average Bonchev–Trinajstić information content (AvgIpc) is 2.67. The molecule has 2 atom stereocenters. The molecule has 0 aliphatic heterocycles. The maximum absolute atomic E-state index is 6.11.